The average molecular weight is 306 g/mol. The van der Waals surface area contributed by atoms with Crippen LogP contribution in [0.5, 0.6) is 0 Å². The van der Waals surface area contributed by atoms with Crippen LogP contribution in [0.25, 0.3) is 0 Å². The number of carbonyl (C=O) groups excluding carboxylic acids is 1. The van der Waals surface area contributed by atoms with Gasteiger partial charge in [-0.15, -0.1) is 0 Å². The Labute approximate surface area is 121 Å². The van der Waals surface area contributed by atoms with Gasteiger partial charge in [0.25, 0.3) is 0 Å². The molecule has 1 fully saturated rings. The second-order valence-corrected chi connectivity index (χ2v) is 7.12. The van der Waals surface area contributed by atoms with E-state index in [0.717, 1.165) is 44.9 Å². The van der Waals surface area contributed by atoms with E-state index in [0.29, 0.717) is 19.2 Å². The predicted molar refractivity (Wildman–Crippen MR) is 77.8 cm³/mol. The van der Waals surface area contributed by atoms with E-state index in [1.165, 1.54) is 0 Å². The summed E-state index contributed by atoms with van der Waals surface area (Å²) in [6.07, 6.45) is 5.72. The maximum absolute atomic E-state index is 11.7. The Morgan fingerprint density at radius 3 is 2.70 bits per heavy atom. The Kier molecular flexibility index (Phi) is 7.47. The topological polar surface area (TPSA) is 84.5 Å². The molecule has 2 unspecified atom stereocenters. The van der Waals surface area contributed by atoms with Crippen LogP contribution in [0, 0.1) is 5.92 Å². The SMILES string of the molecule is CCOC(=O)C1CCCC(NCCCNS(C)(=O)=O)C1. The van der Waals surface area contributed by atoms with Crippen molar-refractivity contribution in [2.75, 3.05) is 26.0 Å². The van der Waals surface area contributed by atoms with Crippen LogP contribution in [0.2, 0.25) is 0 Å². The Morgan fingerprint density at radius 2 is 2.05 bits per heavy atom. The summed E-state index contributed by atoms with van der Waals surface area (Å²) in [6, 6.07) is 0.330. The molecule has 20 heavy (non-hydrogen) atoms. The average Bonchev–Trinajstić information content (AvgIpc) is 2.37. The molecule has 2 N–H and O–H groups in total. The van der Waals surface area contributed by atoms with Crippen LogP contribution in [0.1, 0.15) is 39.0 Å². The molecule has 0 aromatic carbocycles. The molecule has 118 valence electrons. The van der Waals surface area contributed by atoms with Crippen molar-refractivity contribution in [1.82, 2.24) is 10.0 Å². The van der Waals surface area contributed by atoms with Crippen LogP contribution in [0.3, 0.4) is 0 Å². The number of sulfonamides is 1. The molecule has 2 atom stereocenters. The van der Waals surface area contributed by atoms with Crippen molar-refractivity contribution in [3.63, 3.8) is 0 Å². The molecular weight excluding hydrogens is 280 g/mol. The van der Waals surface area contributed by atoms with Crippen LogP contribution >= 0.6 is 0 Å². The van der Waals surface area contributed by atoms with Gasteiger partial charge in [-0.25, -0.2) is 13.1 Å². The van der Waals surface area contributed by atoms with Crippen LogP contribution < -0.4 is 10.0 Å². The van der Waals surface area contributed by atoms with Crippen molar-refractivity contribution in [3.05, 3.63) is 0 Å². The van der Waals surface area contributed by atoms with E-state index in [9.17, 15) is 13.2 Å². The number of carbonyl (C=O) groups is 1. The van der Waals surface area contributed by atoms with E-state index < -0.39 is 10.0 Å². The van der Waals surface area contributed by atoms with Crippen molar-refractivity contribution in [1.29, 1.82) is 0 Å². The lowest BCUT2D eigenvalue weighted by molar-refractivity contribution is -0.149. The summed E-state index contributed by atoms with van der Waals surface area (Å²) >= 11 is 0. The van der Waals surface area contributed by atoms with E-state index in [1.54, 1.807) is 0 Å². The molecule has 1 aliphatic rings. The lowest BCUT2D eigenvalue weighted by Gasteiger charge is -2.28. The summed E-state index contributed by atoms with van der Waals surface area (Å²) in [4.78, 5) is 11.7. The second-order valence-electron chi connectivity index (χ2n) is 5.29. The maximum Gasteiger partial charge on any atom is 0.308 e. The molecule has 0 saturated heterocycles. The van der Waals surface area contributed by atoms with Gasteiger partial charge in [0.15, 0.2) is 0 Å². The number of hydrogen-bond acceptors (Lipinski definition) is 5. The fourth-order valence-electron chi connectivity index (χ4n) is 2.50. The molecule has 0 radical (unpaired) electrons. The normalized spacial score (nSPS) is 23.5. The zero-order valence-corrected chi connectivity index (χ0v) is 13.2. The monoisotopic (exact) mass is 306 g/mol. The van der Waals surface area contributed by atoms with Crippen LogP contribution in [0.4, 0.5) is 0 Å². The van der Waals surface area contributed by atoms with E-state index >= 15 is 0 Å². The summed E-state index contributed by atoms with van der Waals surface area (Å²) < 4.78 is 29.3. The smallest absolute Gasteiger partial charge is 0.308 e. The first kappa shape index (κ1) is 17.4. The van der Waals surface area contributed by atoms with Gasteiger partial charge in [0.2, 0.25) is 10.0 Å². The van der Waals surface area contributed by atoms with Gasteiger partial charge in [0, 0.05) is 12.6 Å². The van der Waals surface area contributed by atoms with Gasteiger partial charge in [-0.3, -0.25) is 4.79 Å². The standard InChI is InChI=1S/C13H26N2O4S/c1-3-19-13(16)11-6-4-7-12(10-11)14-8-5-9-15-20(2,17)18/h11-12,14-15H,3-10H2,1-2H3. The minimum absolute atomic E-state index is 0.00958. The Balaban J connectivity index is 2.19. The third-order valence-electron chi connectivity index (χ3n) is 3.44. The first-order valence-electron chi connectivity index (χ1n) is 7.27. The third-order valence-corrected chi connectivity index (χ3v) is 4.17. The molecular formula is C13H26N2O4S. The highest BCUT2D eigenvalue weighted by Crippen LogP contribution is 2.25. The second kappa shape index (κ2) is 8.59. The van der Waals surface area contributed by atoms with Crippen molar-refractivity contribution >= 4 is 16.0 Å². The first-order valence-corrected chi connectivity index (χ1v) is 9.16. The van der Waals surface area contributed by atoms with Gasteiger partial charge in [-0.2, -0.15) is 0 Å². The van der Waals surface area contributed by atoms with E-state index in [2.05, 4.69) is 10.0 Å². The zero-order chi connectivity index (χ0) is 15.0. The summed E-state index contributed by atoms with van der Waals surface area (Å²) in [7, 11) is -3.09. The Hall–Kier alpha value is -0.660. The van der Waals surface area contributed by atoms with Gasteiger partial charge < -0.3 is 10.1 Å². The lowest BCUT2D eigenvalue weighted by Crippen LogP contribution is -2.38. The largest absolute Gasteiger partial charge is 0.466 e. The zero-order valence-electron chi connectivity index (χ0n) is 12.4. The van der Waals surface area contributed by atoms with Crippen LogP contribution in [-0.4, -0.2) is 46.4 Å². The van der Waals surface area contributed by atoms with Gasteiger partial charge in [0.05, 0.1) is 18.8 Å². The van der Waals surface area contributed by atoms with Gasteiger partial charge in [-0.1, -0.05) is 6.42 Å². The number of esters is 1. The predicted octanol–water partition coefficient (Wildman–Crippen LogP) is 0.637. The summed E-state index contributed by atoms with van der Waals surface area (Å²) in [5.41, 5.74) is 0. The number of ether oxygens (including phenoxy) is 1. The molecule has 0 spiro atoms. The van der Waals surface area contributed by atoms with Crippen molar-refractivity contribution in [2.45, 2.75) is 45.1 Å². The van der Waals surface area contributed by atoms with Crippen molar-refractivity contribution in [2.24, 2.45) is 5.92 Å². The van der Waals surface area contributed by atoms with Crippen molar-refractivity contribution in [3.8, 4) is 0 Å². The molecule has 1 rings (SSSR count). The molecule has 0 aromatic heterocycles. The first-order chi connectivity index (χ1) is 9.42. The molecule has 0 heterocycles. The highest BCUT2D eigenvalue weighted by molar-refractivity contribution is 7.88. The quantitative estimate of drug-likeness (QED) is 0.508. The molecule has 1 saturated carbocycles. The Morgan fingerprint density at radius 1 is 1.30 bits per heavy atom. The molecule has 7 heteroatoms. The van der Waals surface area contributed by atoms with Gasteiger partial charge >= 0.3 is 5.97 Å². The van der Waals surface area contributed by atoms with E-state index in [1.807, 2.05) is 6.92 Å². The van der Waals surface area contributed by atoms with E-state index in [-0.39, 0.29) is 11.9 Å². The molecule has 0 amide bonds. The maximum atomic E-state index is 11.7. The summed E-state index contributed by atoms with van der Waals surface area (Å²) in [6.45, 7) is 3.46. The van der Waals surface area contributed by atoms with Gasteiger partial charge in [0.1, 0.15) is 0 Å². The third kappa shape index (κ3) is 7.21. The molecule has 0 bridgehead atoms. The molecule has 1 aliphatic carbocycles. The van der Waals surface area contributed by atoms with Crippen molar-refractivity contribution < 1.29 is 17.9 Å². The molecule has 0 aromatic rings. The lowest BCUT2D eigenvalue weighted by atomic mass is 9.85. The number of rotatable bonds is 8. The van der Waals surface area contributed by atoms with E-state index in [4.69, 9.17) is 4.74 Å². The fourth-order valence-corrected chi connectivity index (χ4v) is 3.02. The molecule has 0 aliphatic heterocycles. The fraction of sp³-hybridized carbons (Fsp3) is 0.923. The minimum Gasteiger partial charge on any atom is -0.466 e. The minimum atomic E-state index is -3.09. The Bertz CT molecular complexity index is 397. The highest BCUT2D eigenvalue weighted by Gasteiger charge is 2.27. The highest BCUT2D eigenvalue weighted by atomic mass is 32.2. The number of nitrogens with one attached hydrogen (secondary N) is 2. The van der Waals surface area contributed by atoms with Crippen LogP contribution in [0.15, 0.2) is 0 Å². The van der Waals surface area contributed by atoms with Gasteiger partial charge in [-0.05, 0) is 39.2 Å². The summed E-state index contributed by atoms with van der Waals surface area (Å²) in [5.74, 6) is -0.0758. The molecule has 6 nitrogen and oxygen atoms in total. The van der Waals surface area contributed by atoms with Crippen LogP contribution in [-0.2, 0) is 19.6 Å². The summed E-state index contributed by atoms with van der Waals surface area (Å²) in [5, 5.41) is 3.39. The number of hydrogen-bond donors (Lipinski definition) is 2.